The van der Waals surface area contributed by atoms with Crippen molar-refractivity contribution in [2.45, 2.75) is 50.7 Å². The minimum absolute atomic E-state index is 0.0407. The zero-order valence-electron chi connectivity index (χ0n) is 20.4. The van der Waals surface area contributed by atoms with Crippen LogP contribution in [0.15, 0.2) is 36.7 Å². The van der Waals surface area contributed by atoms with Crippen LogP contribution in [0.1, 0.15) is 48.9 Å². The molecule has 4 N–H and O–H groups in total. The third-order valence-electron chi connectivity index (χ3n) is 7.35. The smallest absolute Gasteiger partial charge is 0.251 e. The van der Waals surface area contributed by atoms with Crippen molar-refractivity contribution in [3.8, 4) is 11.6 Å². The van der Waals surface area contributed by atoms with Crippen molar-refractivity contribution < 1.29 is 19.4 Å². The molecular formula is C26H32N6O4. The Hall–Kier alpha value is -3.66. The summed E-state index contributed by atoms with van der Waals surface area (Å²) in [5, 5.41) is 13.8. The van der Waals surface area contributed by atoms with E-state index in [2.05, 4.69) is 10.3 Å². The molecule has 1 aliphatic heterocycles. The van der Waals surface area contributed by atoms with Crippen LogP contribution in [0, 0.1) is 5.92 Å². The second kappa shape index (κ2) is 10.1. The van der Waals surface area contributed by atoms with Gasteiger partial charge in [-0.3, -0.25) is 9.59 Å². The lowest BCUT2D eigenvalue weighted by Gasteiger charge is -2.35. The molecule has 2 fully saturated rings. The van der Waals surface area contributed by atoms with Gasteiger partial charge in [0.2, 0.25) is 11.9 Å². The molecule has 0 atom stereocenters. The molecule has 2 aliphatic rings. The number of hydrogen-bond donors (Lipinski definition) is 3. The lowest BCUT2D eigenvalue weighted by molar-refractivity contribution is -0.138. The largest absolute Gasteiger partial charge is 0.496 e. The quantitative estimate of drug-likeness (QED) is 0.481. The number of likely N-dealkylation sites (tertiary alicyclic amines) is 1. The van der Waals surface area contributed by atoms with Gasteiger partial charge in [0, 0.05) is 37.4 Å². The second-order valence-corrected chi connectivity index (χ2v) is 9.62. The highest BCUT2D eigenvalue weighted by Crippen LogP contribution is 2.32. The molecule has 10 heteroatoms. The number of rotatable bonds is 6. The van der Waals surface area contributed by atoms with Gasteiger partial charge in [0.05, 0.1) is 29.7 Å². The monoisotopic (exact) mass is 492 g/mol. The van der Waals surface area contributed by atoms with Crippen molar-refractivity contribution in [3.05, 3.63) is 42.2 Å². The third kappa shape index (κ3) is 4.73. The van der Waals surface area contributed by atoms with Crippen molar-refractivity contribution >= 4 is 28.7 Å². The first-order valence-corrected chi connectivity index (χ1v) is 12.5. The molecule has 0 radical (unpaired) electrons. The SMILES string of the molecule is COc1cccc2c1c(C(N)=O)cn2-c1ccnc(N[C@H]2CC[C@H](C(=O)N3CCC(O)CC3)CC2)n1. The molecule has 1 aliphatic carbocycles. The average molecular weight is 493 g/mol. The minimum Gasteiger partial charge on any atom is -0.496 e. The van der Waals surface area contributed by atoms with E-state index in [4.69, 9.17) is 15.5 Å². The van der Waals surface area contributed by atoms with Gasteiger partial charge in [0.15, 0.2) is 0 Å². The fourth-order valence-electron chi connectivity index (χ4n) is 5.37. The fraction of sp³-hybridized carbons (Fsp3) is 0.462. The van der Waals surface area contributed by atoms with Crippen LogP contribution < -0.4 is 15.8 Å². The maximum absolute atomic E-state index is 12.9. The predicted molar refractivity (Wildman–Crippen MR) is 135 cm³/mol. The number of benzene rings is 1. The summed E-state index contributed by atoms with van der Waals surface area (Å²) in [5.74, 6) is 1.40. The van der Waals surface area contributed by atoms with Crippen LogP contribution in [0.5, 0.6) is 5.75 Å². The molecule has 1 saturated carbocycles. The van der Waals surface area contributed by atoms with E-state index in [1.807, 2.05) is 21.6 Å². The van der Waals surface area contributed by atoms with E-state index in [0.29, 0.717) is 54.4 Å². The van der Waals surface area contributed by atoms with Gasteiger partial charge in [0.25, 0.3) is 5.91 Å². The Morgan fingerprint density at radius 3 is 2.56 bits per heavy atom. The number of nitrogens with two attached hydrogens (primary N) is 1. The third-order valence-corrected chi connectivity index (χ3v) is 7.35. The highest BCUT2D eigenvalue weighted by molar-refractivity contribution is 6.09. The van der Waals surface area contributed by atoms with Crippen molar-refractivity contribution in [1.29, 1.82) is 0 Å². The molecule has 3 aromatic rings. The maximum atomic E-state index is 12.9. The predicted octanol–water partition coefficient (Wildman–Crippen LogP) is 2.48. The molecule has 5 rings (SSSR count). The molecule has 190 valence electrons. The summed E-state index contributed by atoms with van der Waals surface area (Å²) in [7, 11) is 1.56. The van der Waals surface area contributed by atoms with E-state index in [9.17, 15) is 14.7 Å². The Morgan fingerprint density at radius 2 is 1.86 bits per heavy atom. The zero-order chi connectivity index (χ0) is 25.2. The molecule has 1 saturated heterocycles. The lowest BCUT2D eigenvalue weighted by Crippen LogP contribution is -2.44. The summed E-state index contributed by atoms with van der Waals surface area (Å²) in [4.78, 5) is 36.0. The summed E-state index contributed by atoms with van der Waals surface area (Å²) in [6.45, 7) is 1.30. The molecule has 36 heavy (non-hydrogen) atoms. The summed E-state index contributed by atoms with van der Waals surface area (Å²) in [5.41, 5.74) is 6.77. The van der Waals surface area contributed by atoms with E-state index in [-0.39, 0.29) is 24.0 Å². The number of methoxy groups -OCH3 is 1. The number of ether oxygens (including phenoxy) is 1. The first-order valence-electron chi connectivity index (χ1n) is 12.5. The average Bonchev–Trinajstić information content (AvgIpc) is 3.30. The number of fused-ring (bicyclic) bond motifs is 1. The second-order valence-electron chi connectivity index (χ2n) is 9.62. The summed E-state index contributed by atoms with van der Waals surface area (Å²) < 4.78 is 7.27. The minimum atomic E-state index is -0.539. The van der Waals surface area contributed by atoms with E-state index in [1.54, 1.807) is 31.6 Å². The number of hydrogen-bond acceptors (Lipinski definition) is 7. The van der Waals surface area contributed by atoms with Gasteiger partial charge in [-0.25, -0.2) is 4.98 Å². The zero-order valence-corrected chi connectivity index (χ0v) is 20.4. The molecule has 0 spiro atoms. The van der Waals surface area contributed by atoms with Gasteiger partial charge >= 0.3 is 0 Å². The normalized spacial score (nSPS) is 20.9. The summed E-state index contributed by atoms with van der Waals surface area (Å²) >= 11 is 0. The highest BCUT2D eigenvalue weighted by Gasteiger charge is 2.31. The van der Waals surface area contributed by atoms with Gasteiger partial charge in [-0.05, 0) is 56.7 Å². The lowest BCUT2D eigenvalue weighted by atomic mass is 9.85. The number of nitrogens with one attached hydrogen (secondary N) is 1. The van der Waals surface area contributed by atoms with Crippen LogP contribution in [0.25, 0.3) is 16.7 Å². The van der Waals surface area contributed by atoms with Gasteiger partial charge < -0.3 is 30.4 Å². The van der Waals surface area contributed by atoms with E-state index >= 15 is 0 Å². The van der Waals surface area contributed by atoms with Crippen LogP contribution in [0.2, 0.25) is 0 Å². The standard InChI is InChI=1S/C26H32N6O4/c1-36-21-4-2-3-20-23(21)19(24(27)34)15-32(20)22-9-12-28-26(30-22)29-17-7-5-16(6-8-17)25(35)31-13-10-18(33)11-14-31/h2-4,9,12,15-18,33H,5-8,10-11,13-14H2,1H3,(H2,27,34)(H,28,29,30)/t16-,17-. The van der Waals surface area contributed by atoms with Gasteiger partial charge in [0.1, 0.15) is 11.6 Å². The van der Waals surface area contributed by atoms with Gasteiger partial charge in [-0.2, -0.15) is 4.98 Å². The first kappa shape index (κ1) is 24.1. The number of piperidine rings is 1. The molecular weight excluding hydrogens is 460 g/mol. The Balaban J connectivity index is 1.28. The van der Waals surface area contributed by atoms with Gasteiger partial charge in [-0.15, -0.1) is 0 Å². The Morgan fingerprint density at radius 1 is 1.11 bits per heavy atom. The number of aliphatic hydroxyl groups is 1. The van der Waals surface area contributed by atoms with Crippen LogP contribution in [-0.2, 0) is 4.79 Å². The Kier molecular flexibility index (Phi) is 6.77. The summed E-state index contributed by atoms with van der Waals surface area (Å²) in [6.07, 6.45) is 7.77. The Bertz CT molecular complexity index is 1260. The molecule has 3 heterocycles. The van der Waals surface area contributed by atoms with Crippen molar-refractivity contribution in [1.82, 2.24) is 19.4 Å². The number of aliphatic hydroxyl groups excluding tert-OH is 1. The topological polar surface area (TPSA) is 136 Å². The van der Waals surface area contributed by atoms with Crippen LogP contribution in [0.4, 0.5) is 5.95 Å². The van der Waals surface area contributed by atoms with Crippen molar-refractivity contribution in [2.24, 2.45) is 11.7 Å². The first-order chi connectivity index (χ1) is 17.4. The van der Waals surface area contributed by atoms with Crippen LogP contribution in [0.3, 0.4) is 0 Å². The molecule has 10 nitrogen and oxygen atoms in total. The Labute approximate surface area is 209 Å². The molecule has 0 unspecified atom stereocenters. The maximum Gasteiger partial charge on any atom is 0.251 e. The number of nitrogens with zero attached hydrogens (tertiary/aromatic N) is 4. The van der Waals surface area contributed by atoms with E-state index in [1.165, 1.54) is 0 Å². The number of amides is 2. The number of aromatic nitrogens is 3. The highest BCUT2D eigenvalue weighted by atomic mass is 16.5. The molecule has 2 amide bonds. The van der Waals surface area contributed by atoms with Crippen LogP contribution >= 0.6 is 0 Å². The molecule has 1 aromatic carbocycles. The number of carbonyl (C=O) groups excluding carboxylic acids is 2. The fourth-order valence-corrected chi connectivity index (χ4v) is 5.37. The molecule has 0 bridgehead atoms. The molecule has 2 aromatic heterocycles. The number of primary amides is 1. The van der Waals surface area contributed by atoms with Gasteiger partial charge in [-0.1, -0.05) is 6.07 Å². The number of carbonyl (C=O) groups is 2. The van der Waals surface area contributed by atoms with Crippen molar-refractivity contribution in [2.75, 3.05) is 25.5 Å². The van der Waals surface area contributed by atoms with Crippen LogP contribution in [-0.4, -0.2) is 68.7 Å². The van der Waals surface area contributed by atoms with Crippen molar-refractivity contribution in [3.63, 3.8) is 0 Å². The van der Waals surface area contributed by atoms with E-state index < -0.39 is 5.91 Å². The number of anilines is 1. The summed E-state index contributed by atoms with van der Waals surface area (Å²) in [6, 6.07) is 7.49. The van der Waals surface area contributed by atoms with E-state index in [0.717, 1.165) is 31.2 Å².